The number of rotatable bonds is 8. The number of hydrogen-bond acceptors (Lipinski definition) is 2. The van der Waals surface area contributed by atoms with Gasteiger partial charge in [-0.25, -0.2) is 0 Å². The molecular formula is C18H28BrNO. The zero-order valence-electron chi connectivity index (χ0n) is 13.3. The Morgan fingerprint density at radius 1 is 1.33 bits per heavy atom. The highest BCUT2D eigenvalue weighted by Gasteiger charge is 2.25. The Morgan fingerprint density at radius 3 is 2.71 bits per heavy atom. The first-order valence-electron chi connectivity index (χ1n) is 8.27. The normalized spacial score (nSPS) is 17.1. The third-order valence-electron chi connectivity index (χ3n) is 4.61. The summed E-state index contributed by atoms with van der Waals surface area (Å²) < 4.78 is 6.39. The molecule has 0 heterocycles. The van der Waals surface area contributed by atoms with Gasteiger partial charge in [-0.3, -0.25) is 0 Å². The molecule has 0 saturated heterocycles. The Morgan fingerprint density at radius 2 is 2.10 bits per heavy atom. The van der Waals surface area contributed by atoms with Gasteiger partial charge in [0.1, 0.15) is 5.75 Å². The summed E-state index contributed by atoms with van der Waals surface area (Å²) in [6.45, 7) is 4.52. The van der Waals surface area contributed by atoms with Crippen molar-refractivity contribution in [3.8, 4) is 5.75 Å². The van der Waals surface area contributed by atoms with Gasteiger partial charge < -0.3 is 10.1 Å². The molecule has 0 amide bonds. The maximum Gasteiger partial charge on any atom is 0.133 e. The van der Waals surface area contributed by atoms with Crippen LogP contribution in [0.4, 0.5) is 0 Å². The number of hydrogen-bond donors (Lipinski definition) is 1. The van der Waals surface area contributed by atoms with Crippen molar-refractivity contribution in [3.63, 3.8) is 0 Å². The minimum atomic E-state index is 0.763. The predicted octanol–water partition coefficient (Wildman–Crippen LogP) is 4.81. The fraction of sp³-hybridized carbons (Fsp3) is 0.667. The molecule has 1 fully saturated rings. The lowest BCUT2D eigenvalue weighted by molar-refractivity contribution is 0.321. The average Bonchev–Trinajstić information content (AvgIpc) is 3.01. The van der Waals surface area contributed by atoms with Crippen LogP contribution in [0.1, 0.15) is 44.6 Å². The van der Waals surface area contributed by atoms with E-state index in [4.69, 9.17) is 4.74 Å². The van der Waals surface area contributed by atoms with Crippen molar-refractivity contribution in [1.82, 2.24) is 5.32 Å². The van der Waals surface area contributed by atoms with E-state index in [0.717, 1.165) is 35.1 Å². The van der Waals surface area contributed by atoms with Crippen LogP contribution in [0.15, 0.2) is 22.7 Å². The molecule has 1 aliphatic rings. The van der Waals surface area contributed by atoms with Gasteiger partial charge in [-0.15, -0.1) is 0 Å². The van der Waals surface area contributed by atoms with Crippen molar-refractivity contribution in [2.45, 2.75) is 45.4 Å². The van der Waals surface area contributed by atoms with Gasteiger partial charge in [0.05, 0.1) is 11.6 Å². The Bertz CT molecular complexity index is 429. The van der Waals surface area contributed by atoms with Crippen molar-refractivity contribution in [2.75, 3.05) is 20.2 Å². The summed E-state index contributed by atoms with van der Waals surface area (Å²) >= 11 is 3.60. The smallest absolute Gasteiger partial charge is 0.133 e. The first-order chi connectivity index (χ1) is 10.2. The van der Waals surface area contributed by atoms with Crippen LogP contribution < -0.4 is 10.1 Å². The molecule has 1 saturated carbocycles. The van der Waals surface area contributed by atoms with Gasteiger partial charge in [-0.2, -0.15) is 0 Å². The van der Waals surface area contributed by atoms with Crippen LogP contribution in [0.3, 0.4) is 0 Å². The Hall–Kier alpha value is -0.540. The molecule has 2 rings (SSSR count). The predicted molar refractivity (Wildman–Crippen MR) is 93.0 cm³/mol. The molecule has 1 N–H and O–H groups in total. The van der Waals surface area contributed by atoms with Crippen LogP contribution in [0.2, 0.25) is 0 Å². The Labute approximate surface area is 137 Å². The van der Waals surface area contributed by atoms with Crippen molar-refractivity contribution in [1.29, 1.82) is 0 Å². The average molecular weight is 354 g/mol. The highest BCUT2D eigenvalue weighted by molar-refractivity contribution is 9.10. The lowest BCUT2D eigenvalue weighted by Gasteiger charge is -2.24. The molecule has 3 heteroatoms. The van der Waals surface area contributed by atoms with Gasteiger partial charge >= 0.3 is 0 Å². The molecule has 0 bridgehead atoms. The van der Waals surface area contributed by atoms with Crippen molar-refractivity contribution in [3.05, 3.63) is 28.2 Å². The van der Waals surface area contributed by atoms with Crippen LogP contribution in [-0.2, 0) is 6.42 Å². The van der Waals surface area contributed by atoms with E-state index >= 15 is 0 Å². The number of benzene rings is 1. The highest BCUT2D eigenvalue weighted by atomic mass is 79.9. The number of halogens is 1. The van der Waals surface area contributed by atoms with E-state index in [2.05, 4.69) is 46.4 Å². The monoisotopic (exact) mass is 353 g/mol. The second kappa shape index (κ2) is 8.79. The Kier molecular flexibility index (Phi) is 7.05. The fourth-order valence-electron chi connectivity index (χ4n) is 3.44. The molecule has 1 aromatic carbocycles. The largest absolute Gasteiger partial charge is 0.496 e. The van der Waals surface area contributed by atoms with Crippen LogP contribution in [0.5, 0.6) is 5.75 Å². The third-order valence-corrected chi connectivity index (χ3v) is 5.23. The van der Waals surface area contributed by atoms with E-state index in [0.29, 0.717) is 0 Å². The van der Waals surface area contributed by atoms with E-state index in [9.17, 15) is 0 Å². The molecular weight excluding hydrogens is 326 g/mol. The zero-order valence-corrected chi connectivity index (χ0v) is 14.9. The van der Waals surface area contributed by atoms with E-state index < -0.39 is 0 Å². The summed E-state index contributed by atoms with van der Waals surface area (Å²) in [5, 5.41) is 3.63. The van der Waals surface area contributed by atoms with Crippen LogP contribution >= 0.6 is 15.9 Å². The number of ether oxygens (including phenoxy) is 1. The molecule has 0 radical (unpaired) electrons. The van der Waals surface area contributed by atoms with E-state index in [-0.39, 0.29) is 0 Å². The number of nitrogens with one attached hydrogen (secondary N) is 1. The summed E-state index contributed by atoms with van der Waals surface area (Å²) in [7, 11) is 1.72. The molecule has 1 aromatic rings. The number of methoxy groups -OCH3 is 1. The quantitative estimate of drug-likeness (QED) is 0.677. The standard InChI is InChI=1S/C18H28BrNO/c1-3-10-20-13-16(15-6-4-5-7-15)11-14-8-9-18(21-2)17(19)12-14/h8-9,12,15-16,20H,3-7,10-11,13H2,1-2H3. The topological polar surface area (TPSA) is 21.3 Å². The first kappa shape index (κ1) is 16.8. The van der Waals surface area contributed by atoms with Crippen LogP contribution in [0.25, 0.3) is 0 Å². The maximum atomic E-state index is 5.32. The molecule has 0 spiro atoms. The SMILES string of the molecule is CCCNCC(Cc1ccc(OC)c(Br)c1)C1CCCC1. The van der Waals surface area contributed by atoms with Crippen LogP contribution in [0, 0.1) is 11.8 Å². The minimum Gasteiger partial charge on any atom is -0.496 e. The molecule has 0 aliphatic heterocycles. The third kappa shape index (κ3) is 5.00. The molecule has 118 valence electrons. The van der Waals surface area contributed by atoms with E-state index in [1.165, 1.54) is 44.1 Å². The first-order valence-corrected chi connectivity index (χ1v) is 9.07. The van der Waals surface area contributed by atoms with Crippen LogP contribution in [-0.4, -0.2) is 20.2 Å². The van der Waals surface area contributed by atoms with Crippen molar-refractivity contribution in [2.24, 2.45) is 11.8 Å². The second-order valence-corrected chi connectivity index (χ2v) is 7.04. The maximum absolute atomic E-state index is 5.32. The summed E-state index contributed by atoms with van der Waals surface area (Å²) in [6, 6.07) is 6.51. The summed E-state index contributed by atoms with van der Waals surface area (Å²) in [6.07, 6.45) is 8.05. The second-order valence-electron chi connectivity index (χ2n) is 6.18. The lowest BCUT2D eigenvalue weighted by atomic mass is 9.85. The van der Waals surface area contributed by atoms with Gasteiger partial charge in [0, 0.05) is 0 Å². The lowest BCUT2D eigenvalue weighted by Crippen LogP contribution is -2.29. The van der Waals surface area contributed by atoms with Gasteiger partial charge in [0.15, 0.2) is 0 Å². The summed E-state index contributed by atoms with van der Waals surface area (Å²) in [5.74, 6) is 2.58. The van der Waals surface area contributed by atoms with Gasteiger partial charge in [0.2, 0.25) is 0 Å². The van der Waals surface area contributed by atoms with E-state index in [1.807, 2.05) is 0 Å². The molecule has 1 unspecified atom stereocenters. The summed E-state index contributed by atoms with van der Waals surface area (Å²) in [5.41, 5.74) is 1.41. The van der Waals surface area contributed by atoms with Gasteiger partial charge in [-0.05, 0) is 71.4 Å². The highest BCUT2D eigenvalue weighted by Crippen LogP contribution is 2.34. The zero-order chi connectivity index (χ0) is 15.1. The van der Waals surface area contributed by atoms with Crippen molar-refractivity contribution < 1.29 is 4.74 Å². The van der Waals surface area contributed by atoms with Gasteiger partial charge in [-0.1, -0.05) is 38.7 Å². The van der Waals surface area contributed by atoms with Gasteiger partial charge in [0.25, 0.3) is 0 Å². The molecule has 1 atom stereocenters. The fourth-order valence-corrected chi connectivity index (χ4v) is 4.03. The van der Waals surface area contributed by atoms with E-state index in [1.54, 1.807) is 7.11 Å². The molecule has 1 aliphatic carbocycles. The molecule has 0 aromatic heterocycles. The minimum absolute atomic E-state index is 0.763. The van der Waals surface area contributed by atoms with Crippen molar-refractivity contribution >= 4 is 15.9 Å². The Balaban J connectivity index is 2.00. The summed E-state index contributed by atoms with van der Waals surface area (Å²) in [4.78, 5) is 0. The molecule has 21 heavy (non-hydrogen) atoms. The molecule has 2 nitrogen and oxygen atoms in total.